The van der Waals surface area contributed by atoms with Gasteiger partial charge < -0.3 is 33.6 Å². The van der Waals surface area contributed by atoms with Crippen LogP contribution in [0, 0.1) is 12.7 Å². The fourth-order valence-electron chi connectivity index (χ4n) is 3.61. The number of aromatic amines is 1. The molecule has 13 nitrogen and oxygen atoms in total. The monoisotopic (exact) mass is 589 g/mol. The first-order valence-electron chi connectivity index (χ1n) is 12.4. The number of esters is 1. The minimum Gasteiger partial charge on any atom is -0.494 e. The van der Waals surface area contributed by atoms with E-state index in [1.807, 2.05) is 6.92 Å². The minimum absolute atomic E-state index is 0.0170. The van der Waals surface area contributed by atoms with Crippen molar-refractivity contribution in [3.05, 3.63) is 76.1 Å². The van der Waals surface area contributed by atoms with Gasteiger partial charge in [-0.2, -0.15) is 4.98 Å². The Bertz CT molecular complexity index is 1610. The normalized spacial score (nSPS) is 12.8. The van der Waals surface area contributed by atoms with Crippen LogP contribution in [-0.2, 0) is 36.3 Å². The summed E-state index contributed by atoms with van der Waals surface area (Å²) in [5.74, 6) is -0.844. The summed E-state index contributed by atoms with van der Waals surface area (Å²) in [7, 11) is -2.59. The van der Waals surface area contributed by atoms with Crippen molar-refractivity contribution < 1.29 is 37.0 Å². The number of carbonyl (C=O) groups excluding carboxylic acids is 1. The van der Waals surface area contributed by atoms with Crippen molar-refractivity contribution in [2.45, 2.75) is 26.5 Å². The molecule has 0 spiro atoms. The zero-order chi connectivity index (χ0) is 29.4. The Labute approximate surface area is 233 Å². The lowest BCUT2D eigenvalue weighted by Gasteiger charge is -2.19. The van der Waals surface area contributed by atoms with Crippen molar-refractivity contribution in [1.82, 2.24) is 19.5 Å². The first kappa shape index (κ1) is 29.9. The molecule has 1 unspecified atom stereocenters. The number of rotatable bonds is 14. The second-order valence-electron chi connectivity index (χ2n) is 8.82. The third-order valence-electron chi connectivity index (χ3n) is 5.71. The van der Waals surface area contributed by atoms with Gasteiger partial charge in [0.2, 0.25) is 5.95 Å². The number of methoxy groups -OCH3 is 1. The third kappa shape index (κ3) is 8.21. The highest BCUT2D eigenvalue weighted by molar-refractivity contribution is 7.53. The van der Waals surface area contributed by atoms with E-state index in [-0.39, 0.29) is 55.6 Å². The summed E-state index contributed by atoms with van der Waals surface area (Å²) >= 11 is 0. The summed E-state index contributed by atoms with van der Waals surface area (Å²) in [6, 6.07) is 11.1. The SMILES string of the molecule is COc1ccc(COP(=O)(COCCn2cnc3c(=O)[nH]c(N)nc32)OCCC(=O)Oc2ccc(C)cc2)cc1F. The number of H-pyrrole nitrogens is 1. The van der Waals surface area contributed by atoms with Gasteiger partial charge in [-0.25, -0.2) is 9.37 Å². The van der Waals surface area contributed by atoms with Gasteiger partial charge in [0, 0.05) is 6.54 Å². The molecule has 1 atom stereocenters. The Hall–Kier alpha value is -4.10. The fourth-order valence-corrected chi connectivity index (χ4v) is 4.91. The first-order chi connectivity index (χ1) is 19.7. The van der Waals surface area contributed by atoms with Gasteiger partial charge in [0.05, 0.1) is 39.7 Å². The Balaban J connectivity index is 1.36. The van der Waals surface area contributed by atoms with Crippen LogP contribution >= 0.6 is 7.60 Å². The van der Waals surface area contributed by atoms with Crippen LogP contribution in [0.25, 0.3) is 11.2 Å². The number of imidazole rings is 1. The summed E-state index contributed by atoms with van der Waals surface area (Å²) in [4.78, 5) is 34.7. The van der Waals surface area contributed by atoms with Crippen LogP contribution < -0.4 is 20.8 Å². The molecule has 0 amide bonds. The number of nitrogens with zero attached hydrogens (tertiary/aromatic N) is 3. The Morgan fingerprint density at radius 3 is 2.66 bits per heavy atom. The fraction of sp³-hybridized carbons (Fsp3) is 0.308. The molecule has 0 aliphatic carbocycles. The molecule has 0 aliphatic rings. The number of nitrogens with two attached hydrogens (primary N) is 1. The smallest absolute Gasteiger partial charge is 0.356 e. The molecule has 41 heavy (non-hydrogen) atoms. The molecule has 2 aromatic carbocycles. The van der Waals surface area contributed by atoms with E-state index in [0.717, 1.165) is 5.56 Å². The van der Waals surface area contributed by atoms with Crippen LogP contribution in [0.15, 0.2) is 53.6 Å². The van der Waals surface area contributed by atoms with Gasteiger partial charge in [-0.15, -0.1) is 0 Å². The number of aromatic nitrogens is 4. The van der Waals surface area contributed by atoms with Crippen molar-refractivity contribution in [2.24, 2.45) is 0 Å². The van der Waals surface area contributed by atoms with Gasteiger partial charge in [0.25, 0.3) is 5.56 Å². The molecule has 2 heterocycles. The van der Waals surface area contributed by atoms with E-state index in [9.17, 15) is 18.5 Å². The first-order valence-corrected chi connectivity index (χ1v) is 14.1. The Kier molecular flexibility index (Phi) is 9.84. The second-order valence-corrected chi connectivity index (χ2v) is 10.8. The van der Waals surface area contributed by atoms with Crippen molar-refractivity contribution >= 4 is 30.7 Å². The van der Waals surface area contributed by atoms with E-state index in [1.165, 1.54) is 25.6 Å². The molecule has 0 aliphatic heterocycles. The molecule has 4 rings (SSSR count). The number of anilines is 1. The minimum atomic E-state index is -3.93. The molecule has 0 fully saturated rings. The lowest BCUT2D eigenvalue weighted by atomic mass is 10.2. The number of hydrogen-bond donors (Lipinski definition) is 2. The number of benzene rings is 2. The average Bonchev–Trinajstić information content (AvgIpc) is 3.34. The van der Waals surface area contributed by atoms with Crippen molar-refractivity contribution in [3.8, 4) is 11.5 Å². The molecule has 15 heteroatoms. The molecule has 4 aromatic rings. The number of ether oxygens (including phenoxy) is 3. The second kappa shape index (κ2) is 13.5. The molecule has 218 valence electrons. The number of fused-ring (bicyclic) bond motifs is 1. The number of nitrogen functional groups attached to an aromatic ring is 1. The molecule has 3 N–H and O–H groups in total. The van der Waals surface area contributed by atoms with E-state index in [2.05, 4.69) is 15.0 Å². The standard InChI is InChI=1S/C26H29FN5O8P/c1-17-3-6-19(7-4-17)40-22(33)9-11-38-41(35,39-14-18-5-8-21(36-2)20(27)13-18)16-37-12-10-32-15-29-23-24(32)30-26(28)31-25(23)34/h3-8,13,15H,9-12,14,16H2,1-2H3,(H3,28,30,31,34). The molecule has 2 aromatic heterocycles. The van der Waals surface area contributed by atoms with Crippen LogP contribution in [0.2, 0.25) is 0 Å². The zero-order valence-electron chi connectivity index (χ0n) is 22.4. The van der Waals surface area contributed by atoms with E-state index >= 15 is 0 Å². The molecular weight excluding hydrogens is 560 g/mol. The van der Waals surface area contributed by atoms with Crippen LogP contribution in [0.3, 0.4) is 0 Å². The highest BCUT2D eigenvalue weighted by Crippen LogP contribution is 2.49. The lowest BCUT2D eigenvalue weighted by Crippen LogP contribution is -2.14. The van der Waals surface area contributed by atoms with Gasteiger partial charge in [0.1, 0.15) is 12.1 Å². The summed E-state index contributed by atoms with van der Waals surface area (Å²) in [6.07, 6.45) is 0.725. The average molecular weight is 590 g/mol. The predicted molar refractivity (Wildman–Crippen MR) is 146 cm³/mol. The summed E-state index contributed by atoms with van der Waals surface area (Å²) in [6.45, 7) is 1.58. The van der Waals surface area contributed by atoms with Gasteiger partial charge in [-0.3, -0.25) is 19.1 Å². The Morgan fingerprint density at radius 2 is 1.93 bits per heavy atom. The highest BCUT2D eigenvalue weighted by Gasteiger charge is 2.26. The van der Waals surface area contributed by atoms with E-state index < -0.39 is 31.3 Å². The number of hydrogen-bond acceptors (Lipinski definition) is 11. The number of halogens is 1. The third-order valence-corrected chi connectivity index (χ3v) is 7.31. The van der Waals surface area contributed by atoms with E-state index in [0.29, 0.717) is 11.3 Å². The zero-order valence-corrected chi connectivity index (χ0v) is 23.3. The summed E-state index contributed by atoms with van der Waals surface area (Å²) < 4.78 is 55.9. The molecule has 0 radical (unpaired) electrons. The van der Waals surface area contributed by atoms with Crippen molar-refractivity contribution in [2.75, 3.05) is 32.4 Å². The van der Waals surface area contributed by atoms with Crippen LogP contribution in [0.5, 0.6) is 11.5 Å². The summed E-state index contributed by atoms with van der Waals surface area (Å²) in [5.41, 5.74) is 6.91. The lowest BCUT2D eigenvalue weighted by molar-refractivity contribution is -0.134. The largest absolute Gasteiger partial charge is 0.494 e. The van der Waals surface area contributed by atoms with Crippen LogP contribution in [0.4, 0.5) is 10.3 Å². The maximum Gasteiger partial charge on any atom is 0.356 e. The van der Waals surface area contributed by atoms with Gasteiger partial charge >= 0.3 is 13.6 Å². The number of nitrogens with one attached hydrogen (secondary N) is 1. The predicted octanol–water partition coefficient (Wildman–Crippen LogP) is 3.55. The quantitative estimate of drug-likeness (QED) is 0.0954. The molecule has 0 saturated heterocycles. The van der Waals surface area contributed by atoms with Crippen molar-refractivity contribution in [3.63, 3.8) is 0 Å². The topological polar surface area (TPSA) is 170 Å². The maximum atomic E-state index is 14.1. The van der Waals surface area contributed by atoms with Crippen molar-refractivity contribution in [1.29, 1.82) is 0 Å². The van der Waals surface area contributed by atoms with Gasteiger partial charge in [-0.05, 0) is 36.8 Å². The summed E-state index contributed by atoms with van der Waals surface area (Å²) in [5, 5.41) is 0. The van der Waals surface area contributed by atoms with Crippen LogP contribution in [0.1, 0.15) is 17.5 Å². The van der Waals surface area contributed by atoms with E-state index in [1.54, 1.807) is 34.9 Å². The Morgan fingerprint density at radius 1 is 1.15 bits per heavy atom. The maximum absolute atomic E-state index is 14.1. The molecular formula is C26H29FN5O8P. The van der Waals surface area contributed by atoms with Crippen LogP contribution in [-0.4, -0.2) is 52.2 Å². The highest BCUT2D eigenvalue weighted by atomic mass is 31.2. The molecule has 0 bridgehead atoms. The molecule has 0 saturated carbocycles. The van der Waals surface area contributed by atoms with E-state index in [4.69, 9.17) is 29.0 Å². The van der Waals surface area contributed by atoms with Gasteiger partial charge in [0.15, 0.2) is 22.7 Å². The number of carbonyl (C=O) groups is 1. The number of aryl methyl sites for hydroxylation is 1. The van der Waals surface area contributed by atoms with Gasteiger partial charge in [-0.1, -0.05) is 23.8 Å².